The van der Waals surface area contributed by atoms with Gasteiger partial charge in [0.1, 0.15) is 17.4 Å². The zero-order valence-corrected chi connectivity index (χ0v) is 19.7. The normalized spacial score (nSPS) is 10.8. The van der Waals surface area contributed by atoms with Crippen LogP contribution in [0.2, 0.25) is 0 Å². The monoisotopic (exact) mass is 476 g/mol. The van der Waals surface area contributed by atoms with E-state index >= 15 is 0 Å². The third kappa shape index (κ3) is 5.18. The van der Waals surface area contributed by atoms with E-state index in [1.807, 2.05) is 30.5 Å². The number of phenolic OH excluding ortho intramolecular Hbond substituents is 1. The number of halogens is 1. The molecule has 8 heteroatoms. The maximum Gasteiger partial charge on any atom is 0.225 e. The van der Waals surface area contributed by atoms with E-state index in [9.17, 15) is 14.3 Å². The molecule has 34 heavy (non-hydrogen) atoms. The van der Waals surface area contributed by atoms with Crippen LogP contribution in [-0.2, 0) is 17.8 Å². The molecule has 0 fully saturated rings. The van der Waals surface area contributed by atoms with Gasteiger partial charge in [0.15, 0.2) is 0 Å². The summed E-state index contributed by atoms with van der Waals surface area (Å²) in [5.41, 5.74) is 9.71. The number of nitrogens with one attached hydrogen (secondary N) is 1. The number of rotatable bonds is 7. The van der Waals surface area contributed by atoms with Crippen molar-refractivity contribution in [3.05, 3.63) is 87.9 Å². The predicted octanol–water partition coefficient (Wildman–Crippen LogP) is 5.17. The maximum atomic E-state index is 14.5. The molecule has 0 aliphatic heterocycles. The van der Waals surface area contributed by atoms with Crippen LogP contribution in [0.25, 0.3) is 11.3 Å². The van der Waals surface area contributed by atoms with Crippen LogP contribution in [0.4, 0.5) is 21.6 Å². The van der Waals surface area contributed by atoms with Crippen LogP contribution < -0.4 is 16.0 Å². The minimum absolute atomic E-state index is 0.0328. The molecule has 174 valence electrons. The molecule has 6 nitrogen and oxygen atoms in total. The van der Waals surface area contributed by atoms with Gasteiger partial charge in [-0.05, 0) is 60.3 Å². The molecule has 0 saturated carbocycles. The van der Waals surface area contributed by atoms with Crippen LogP contribution in [0.5, 0.6) is 5.75 Å². The highest BCUT2D eigenvalue weighted by molar-refractivity contribution is 7.10. The third-order valence-electron chi connectivity index (χ3n) is 5.51. The highest BCUT2D eigenvalue weighted by atomic mass is 32.1. The minimum Gasteiger partial charge on any atom is -0.507 e. The molecule has 0 aliphatic carbocycles. The molecule has 4 N–H and O–H groups in total. The fraction of sp³-hybridized carbons (Fsp3) is 0.154. The first-order chi connectivity index (χ1) is 16.3. The van der Waals surface area contributed by atoms with E-state index in [1.165, 1.54) is 17.4 Å². The number of phenols is 1. The fourth-order valence-corrected chi connectivity index (χ4v) is 4.30. The number of pyridine rings is 1. The Morgan fingerprint density at radius 1 is 1.18 bits per heavy atom. The van der Waals surface area contributed by atoms with Gasteiger partial charge in [0.2, 0.25) is 5.91 Å². The third-order valence-corrected chi connectivity index (χ3v) is 6.39. The van der Waals surface area contributed by atoms with E-state index < -0.39 is 0 Å². The Morgan fingerprint density at radius 3 is 2.71 bits per heavy atom. The first kappa shape index (κ1) is 23.3. The molecule has 0 radical (unpaired) electrons. The molecule has 2 aromatic heterocycles. The zero-order chi connectivity index (χ0) is 24.2. The topological polar surface area (TPSA) is 91.5 Å². The molecule has 0 spiro atoms. The number of nitrogen functional groups attached to an aromatic ring is 1. The molecule has 2 aromatic carbocycles. The Bertz CT molecular complexity index is 1320. The summed E-state index contributed by atoms with van der Waals surface area (Å²) in [4.78, 5) is 19.3. The number of benzene rings is 2. The number of aromatic hydroxyl groups is 1. The summed E-state index contributed by atoms with van der Waals surface area (Å²) in [5, 5.41) is 15.3. The lowest BCUT2D eigenvalue weighted by Gasteiger charge is -2.21. The van der Waals surface area contributed by atoms with Crippen LogP contribution >= 0.6 is 11.3 Å². The Hall–Kier alpha value is -3.91. The number of anilines is 3. The van der Waals surface area contributed by atoms with Crippen LogP contribution in [0.3, 0.4) is 0 Å². The van der Waals surface area contributed by atoms with Crippen molar-refractivity contribution >= 4 is 34.4 Å². The van der Waals surface area contributed by atoms with E-state index in [0.29, 0.717) is 34.6 Å². The molecule has 4 aromatic rings. The van der Waals surface area contributed by atoms with Crippen molar-refractivity contribution in [1.82, 2.24) is 10.3 Å². The second-order valence-corrected chi connectivity index (χ2v) is 9.02. The molecule has 2 heterocycles. The molecule has 0 atom stereocenters. The zero-order valence-electron chi connectivity index (χ0n) is 18.9. The predicted molar refractivity (Wildman–Crippen MR) is 135 cm³/mol. The van der Waals surface area contributed by atoms with Crippen LogP contribution in [0.1, 0.15) is 16.0 Å². The number of aryl methyl sites for hydroxylation is 1. The van der Waals surface area contributed by atoms with Gasteiger partial charge in [-0.1, -0.05) is 18.2 Å². The maximum absolute atomic E-state index is 14.5. The lowest BCUT2D eigenvalue weighted by molar-refractivity contribution is -0.120. The highest BCUT2D eigenvalue weighted by Crippen LogP contribution is 2.35. The van der Waals surface area contributed by atoms with E-state index in [1.54, 1.807) is 48.3 Å². The number of thiophene rings is 1. The van der Waals surface area contributed by atoms with Gasteiger partial charge in [-0.15, -0.1) is 11.3 Å². The van der Waals surface area contributed by atoms with Crippen molar-refractivity contribution in [2.45, 2.75) is 19.9 Å². The molecular weight excluding hydrogens is 451 g/mol. The van der Waals surface area contributed by atoms with E-state index in [4.69, 9.17) is 5.73 Å². The second-order valence-electron chi connectivity index (χ2n) is 7.99. The van der Waals surface area contributed by atoms with Crippen molar-refractivity contribution in [1.29, 1.82) is 0 Å². The Balaban J connectivity index is 1.52. The molecule has 0 saturated heterocycles. The Morgan fingerprint density at radius 2 is 2.00 bits per heavy atom. The van der Waals surface area contributed by atoms with Crippen LogP contribution in [-0.4, -0.2) is 23.0 Å². The van der Waals surface area contributed by atoms with Gasteiger partial charge in [-0.25, -0.2) is 9.37 Å². The van der Waals surface area contributed by atoms with Gasteiger partial charge in [0.05, 0.1) is 17.8 Å². The van der Waals surface area contributed by atoms with Gasteiger partial charge in [-0.3, -0.25) is 4.79 Å². The fourth-order valence-electron chi connectivity index (χ4n) is 3.59. The number of carbonyl (C=O) groups is 1. The summed E-state index contributed by atoms with van der Waals surface area (Å²) in [6.07, 6.45) is 0.318. The lowest BCUT2D eigenvalue weighted by atomic mass is 10.1. The summed E-state index contributed by atoms with van der Waals surface area (Å²) in [7, 11) is 1.76. The smallest absolute Gasteiger partial charge is 0.225 e. The average Bonchev–Trinajstić information content (AvgIpc) is 3.31. The number of hydrogen-bond donors (Lipinski definition) is 3. The second kappa shape index (κ2) is 9.93. The van der Waals surface area contributed by atoms with Gasteiger partial charge in [0, 0.05) is 35.3 Å². The molecule has 4 rings (SSSR count). The number of carbonyl (C=O) groups excluding carboxylic acids is 1. The van der Waals surface area contributed by atoms with Crippen molar-refractivity contribution in [3.8, 4) is 17.0 Å². The molecular formula is C26H25FN4O2S. The van der Waals surface area contributed by atoms with Gasteiger partial charge in [-0.2, -0.15) is 0 Å². The first-order valence-electron chi connectivity index (χ1n) is 10.7. The van der Waals surface area contributed by atoms with E-state index in [2.05, 4.69) is 10.3 Å². The summed E-state index contributed by atoms with van der Waals surface area (Å²) in [5.74, 6) is -0.130. The minimum atomic E-state index is -0.329. The summed E-state index contributed by atoms with van der Waals surface area (Å²) in [6, 6.07) is 17.4. The number of hydrogen-bond acceptors (Lipinski definition) is 6. The first-order valence-corrected chi connectivity index (χ1v) is 11.6. The average molecular weight is 477 g/mol. The summed E-state index contributed by atoms with van der Waals surface area (Å²) in [6.45, 7) is 2.09. The number of aromatic nitrogens is 1. The van der Waals surface area contributed by atoms with E-state index in [0.717, 1.165) is 10.4 Å². The van der Waals surface area contributed by atoms with Crippen molar-refractivity contribution < 1.29 is 14.3 Å². The lowest BCUT2D eigenvalue weighted by Crippen LogP contribution is -2.24. The van der Waals surface area contributed by atoms with Gasteiger partial charge in [0.25, 0.3) is 0 Å². The van der Waals surface area contributed by atoms with Crippen molar-refractivity contribution in [3.63, 3.8) is 0 Å². The standard InChI is InChI=1S/C26H25FN4O2S/c1-16-5-9-23(21(27)12-16)31(2)18-7-10-24(32)20(13-18)22-8-6-17(26(28)30-22)15-29-25(33)14-19-4-3-11-34-19/h3-13,32H,14-15H2,1-2H3,(H2,28,30)(H,29,33). The SMILES string of the molecule is Cc1ccc(N(C)c2ccc(O)c(-c3ccc(CNC(=O)Cc4cccs4)c(N)n3)c2)c(F)c1. The quantitative estimate of drug-likeness (QED) is 0.342. The summed E-state index contributed by atoms with van der Waals surface area (Å²) >= 11 is 1.53. The molecule has 0 aliphatic rings. The Kier molecular flexibility index (Phi) is 6.79. The van der Waals surface area contributed by atoms with E-state index in [-0.39, 0.29) is 29.8 Å². The largest absolute Gasteiger partial charge is 0.507 e. The number of nitrogens with zero attached hydrogens (tertiary/aromatic N) is 2. The number of nitrogens with two attached hydrogens (primary N) is 1. The number of amides is 1. The van der Waals surface area contributed by atoms with Gasteiger partial charge < -0.3 is 21.1 Å². The van der Waals surface area contributed by atoms with Crippen LogP contribution in [0, 0.1) is 12.7 Å². The molecule has 1 amide bonds. The molecule has 0 bridgehead atoms. The van der Waals surface area contributed by atoms with Crippen molar-refractivity contribution in [2.24, 2.45) is 0 Å². The van der Waals surface area contributed by atoms with Crippen molar-refractivity contribution in [2.75, 3.05) is 17.7 Å². The Labute approximate surface area is 201 Å². The van der Waals surface area contributed by atoms with Gasteiger partial charge >= 0.3 is 0 Å². The van der Waals surface area contributed by atoms with Crippen LogP contribution in [0.15, 0.2) is 66.0 Å². The summed E-state index contributed by atoms with van der Waals surface area (Å²) < 4.78 is 14.5. The highest BCUT2D eigenvalue weighted by Gasteiger charge is 2.15. The molecule has 0 unspecified atom stereocenters.